The zero-order chi connectivity index (χ0) is 16.9. The second-order valence-electron chi connectivity index (χ2n) is 5.44. The molecule has 0 aliphatic heterocycles. The van der Waals surface area contributed by atoms with Gasteiger partial charge in [0.2, 0.25) is 0 Å². The molecule has 3 rings (SSSR count). The lowest BCUT2D eigenvalue weighted by Crippen LogP contribution is -1.94. The van der Waals surface area contributed by atoms with Crippen LogP contribution >= 0.6 is 0 Å². The summed E-state index contributed by atoms with van der Waals surface area (Å²) in [6, 6.07) is 17.9. The van der Waals surface area contributed by atoms with Crippen LogP contribution in [-0.2, 0) is 11.2 Å². The van der Waals surface area contributed by atoms with Crippen molar-refractivity contribution in [2.45, 2.75) is 13.3 Å². The Balaban J connectivity index is 2.08. The zero-order valence-electron chi connectivity index (χ0n) is 13.4. The fourth-order valence-corrected chi connectivity index (χ4v) is 2.51. The van der Waals surface area contributed by atoms with Gasteiger partial charge in [-0.1, -0.05) is 49.4 Å². The number of nitrogens with zero attached hydrogens (tertiary/aromatic N) is 2. The van der Waals surface area contributed by atoms with Crippen molar-refractivity contribution in [3.8, 4) is 16.9 Å². The van der Waals surface area contributed by atoms with Gasteiger partial charge in [0.05, 0.1) is 11.4 Å². The first kappa shape index (κ1) is 15.7. The van der Waals surface area contributed by atoms with E-state index in [2.05, 4.69) is 24.2 Å². The maximum Gasteiger partial charge on any atom is 0.328 e. The molecule has 0 bridgehead atoms. The number of hydrogen-bond acceptors (Lipinski definition) is 2. The number of aryl methyl sites for hydroxylation is 1. The van der Waals surface area contributed by atoms with Crippen LogP contribution < -0.4 is 0 Å². The molecule has 0 fully saturated rings. The van der Waals surface area contributed by atoms with Crippen molar-refractivity contribution in [1.82, 2.24) is 9.78 Å². The van der Waals surface area contributed by atoms with Gasteiger partial charge >= 0.3 is 5.97 Å². The summed E-state index contributed by atoms with van der Waals surface area (Å²) in [4.78, 5) is 10.9. The van der Waals surface area contributed by atoms with E-state index in [1.165, 1.54) is 5.56 Å². The molecular formula is C20H18N2O2. The summed E-state index contributed by atoms with van der Waals surface area (Å²) in [5.74, 6) is -0.977. The molecule has 1 heterocycles. The normalized spacial score (nSPS) is 11.0. The smallest absolute Gasteiger partial charge is 0.328 e. The van der Waals surface area contributed by atoms with E-state index in [1.807, 2.05) is 48.7 Å². The SMILES string of the molecule is CCc1ccc(-c2nn(-c3ccccc3)cc2C=CC(=O)O)cc1. The van der Waals surface area contributed by atoms with Gasteiger partial charge in [0.1, 0.15) is 0 Å². The minimum absolute atomic E-state index is 0.763. The Bertz CT molecular complexity index is 862. The van der Waals surface area contributed by atoms with Crippen molar-refractivity contribution in [2.75, 3.05) is 0 Å². The maximum absolute atomic E-state index is 10.9. The van der Waals surface area contributed by atoms with E-state index in [0.29, 0.717) is 0 Å². The Morgan fingerprint density at radius 2 is 1.83 bits per heavy atom. The molecule has 0 spiro atoms. The molecule has 24 heavy (non-hydrogen) atoms. The van der Waals surface area contributed by atoms with E-state index in [0.717, 1.165) is 35.0 Å². The predicted octanol–water partition coefficient (Wildman–Crippen LogP) is 4.20. The number of aliphatic carboxylic acids is 1. The fourth-order valence-electron chi connectivity index (χ4n) is 2.51. The molecule has 0 unspecified atom stereocenters. The number of hydrogen-bond donors (Lipinski definition) is 1. The van der Waals surface area contributed by atoms with Crippen molar-refractivity contribution >= 4 is 12.0 Å². The highest BCUT2D eigenvalue weighted by molar-refractivity contribution is 5.87. The summed E-state index contributed by atoms with van der Waals surface area (Å²) in [5, 5.41) is 13.6. The molecule has 4 nitrogen and oxygen atoms in total. The summed E-state index contributed by atoms with van der Waals surface area (Å²) in [7, 11) is 0. The van der Waals surface area contributed by atoms with Crippen LogP contribution in [0.5, 0.6) is 0 Å². The van der Waals surface area contributed by atoms with Crippen molar-refractivity contribution in [2.24, 2.45) is 0 Å². The molecule has 0 atom stereocenters. The van der Waals surface area contributed by atoms with Crippen molar-refractivity contribution in [1.29, 1.82) is 0 Å². The van der Waals surface area contributed by atoms with Crippen molar-refractivity contribution in [3.05, 3.63) is 78.0 Å². The number of benzene rings is 2. The van der Waals surface area contributed by atoms with Gasteiger partial charge in [-0.2, -0.15) is 5.10 Å². The second-order valence-corrected chi connectivity index (χ2v) is 5.44. The second kappa shape index (κ2) is 6.96. The van der Waals surface area contributed by atoms with E-state index in [1.54, 1.807) is 10.8 Å². The average Bonchev–Trinajstić information content (AvgIpc) is 3.05. The maximum atomic E-state index is 10.9. The summed E-state index contributed by atoms with van der Waals surface area (Å²) in [6.07, 6.45) is 5.54. The number of aromatic nitrogens is 2. The van der Waals surface area contributed by atoms with Gasteiger partial charge in [0.25, 0.3) is 0 Å². The molecule has 2 aromatic carbocycles. The monoisotopic (exact) mass is 318 g/mol. The molecule has 0 amide bonds. The zero-order valence-corrected chi connectivity index (χ0v) is 13.4. The highest BCUT2D eigenvalue weighted by Gasteiger charge is 2.10. The van der Waals surface area contributed by atoms with Gasteiger partial charge in [-0.05, 0) is 30.2 Å². The molecule has 0 saturated heterocycles. The molecule has 0 aliphatic rings. The van der Waals surface area contributed by atoms with Gasteiger partial charge in [-0.25, -0.2) is 9.48 Å². The third-order valence-electron chi connectivity index (χ3n) is 3.80. The van der Waals surface area contributed by atoms with Crippen molar-refractivity contribution in [3.63, 3.8) is 0 Å². The molecule has 1 aromatic heterocycles. The van der Waals surface area contributed by atoms with Gasteiger partial charge in [-0.3, -0.25) is 0 Å². The molecular weight excluding hydrogens is 300 g/mol. The van der Waals surface area contributed by atoms with Crippen LogP contribution in [0.3, 0.4) is 0 Å². The minimum Gasteiger partial charge on any atom is -0.478 e. The number of carboxylic acid groups (broad SMARTS) is 1. The lowest BCUT2D eigenvalue weighted by Gasteiger charge is -2.02. The summed E-state index contributed by atoms with van der Waals surface area (Å²) < 4.78 is 1.77. The number of carbonyl (C=O) groups is 1. The Hall–Kier alpha value is -3.14. The van der Waals surface area contributed by atoms with Crippen LogP contribution in [0.2, 0.25) is 0 Å². The number of rotatable bonds is 5. The lowest BCUT2D eigenvalue weighted by molar-refractivity contribution is -0.131. The van der Waals surface area contributed by atoms with Crippen LogP contribution in [-0.4, -0.2) is 20.9 Å². The quantitative estimate of drug-likeness (QED) is 0.717. The first-order chi connectivity index (χ1) is 11.7. The lowest BCUT2D eigenvalue weighted by atomic mass is 10.0. The van der Waals surface area contributed by atoms with Crippen molar-refractivity contribution < 1.29 is 9.90 Å². The number of para-hydroxylation sites is 1. The summed E-state index contributed by atoms with van der Waals surface area (Å²) >= 11 is 0. The highest BCUT2D eigenvalue weighted by atomic mass is 16.4. The van der Waals surface area contributed by atoms with E-state index in [-0.39, 0.29) is 0 Å². The highest BCUT2D eigenvalue weighted by Crippen LogP contribution is 2.25. The van der Waals surface area contributed by atoms with Gasteiger partial charge in [-0.15, -0.1) is 0 Å². The van der Waals surface area contributed by atoms with Gasteiger partial charge < -0.3 is 5.11 Å². The Morgan fingerprint density at radius 3 is 2.46 bits per heavy atom. The minimum atomic E-state index is -0.977. The van der Waals surface area contributed by atoms with Gasteiger partial charge in [0, 0.05) is 23.4 Å². The summed E-state index contributed by atoms with van der Waals surface area (Å²) in [6.45, 7) is 2.11. The molecule has 120 valence electrons. The van der Waals surface area contributed by atoms with Crippen LogP contribution in [0.4, 0.5) is 0 Å². The van der Waals surface area contributed by atoms with Gasteiger partial charge in [0.15, 0.2) is 0 Å². The molecule has 1 N–H and O–H groups in total. The van der Waals surface area contributed by atoms with E-state index in [4.69, 9.17) is 5.11 Å². The predicted molar refractivity (Wildman–Crippen MR) is 95.0 cm³/mol. The Labute approximate surface area is 140 Å². The van der Waals surface area contributed by atoms with E-state index >= 15 is 0 Å². The largest absolute Gasteiger partial charge is 0.478 e. The van der Waals surface area contributed by atoms with Crippen LogP contribution in [0.15, 0.2) is 66.9 Å². The molecule has 0 radical (unpaired) electrons. The molecule has 0 saturated carbocycles. The third kappa shape index (κ3) is 3.43. The van der Waals surface area contributed by atoms with Crippen LogP contribution in [0, 0.1) is 0 Å². The first-order valence-corrected chi connectivity index (χ1v) is 7.83. The third-order valence-corrected chi connectivity index (χ3v) is 3.80. The molecule has 0 aliphatic carbocycles. The van der Waals surface area contributed by atoms with Crippen LogP contribution in [0.1, 0.15) is 18.1 Å². The van der Waals surface area contributed by atoms with Crippen LogP contribution in [0.25, 0.3) is 23.0 Å². The molecule has 4 heteroatoms. The average molecular weight is 318 g/mol. The van der Waals surface area contributed by atoms with E-state index in [9.17, 15) is 4.79 Å². The number of carboxylic acids is 1. The first-order valence-electron chi connectivity index (χ1n) is 7.83. The standard InChI is InChI=1S/C20H18N2O2/c1-2-15-8-10-16(11-9-15)20-17(12-13-19(23)24)14-22(21-20)18-6-4-3-5-7-18/h3-14H,2H2,1H3,(H,23,24). The van der Waals surface area contributed by atoms with E-state index < -0.39 is 5.97 Å². The molecule has 3 aromatic rings. The fraction of sp³-hybridized carbons (Fsp3) is 0.100. The topological polar surface area (TPSA) is 55.1 Å². The summed E-state index contributed by atoms with van der Waals surface area (Å²) in [5.41, 5.74) is 4.68. The Kier molecular flexibility index (Phi) is 4.57. The Morgan fingerprint density at radius 1 is 1.12 bits per heavy atom.